The number of halogens is 1. The zero-order valence-electron chi connectivity index (χ0n) is 16.7. The summed E-state index contributed by atoms with van der Waals surface area (Å²) in [5.41, 5.74) is 4.40. The number of nitrogens with zero attached hydrogens (tertiary/aromatic N) is 1. The van der Waals surface area contributed by atoms with Crippen LogP contribution in [0, 0.1) is 12.7 Å². The molecule has 0 radical (unpaired) electrons. The maximum Gasteiger partial charge on any atom is 0.224 e. The van der Waals surface area contributed by atoms with Crippen molar-refractivity contribution < 1.29 is 18.7 Å². The van der Waals surface area contributed by atoms with Crippen LogP contribution in [0.3, 0.4) is 0 Å². The predicted molar refractivity (Wildman–Crippen MR) is 105 cm³/mol. The number of carbonyl (C=O) groups excluding carboxylic acids is 2. The lowest BCUT2D eigenvalue weighted by atomic mass is 9.92. The van der Waals surface area contributed by atoms with Gasteiger partial charge in [-0.1, -0.05) is 12.1 Å². The summed E-state index contributed by atoms with van der Waals surface area (Å²) in [5, 5.41) is 2.92. The van der Waals surface area contributed by atoms with Crippen molar-refractivity contribution in [1.29, 1.82) is 0 Å². The summed E-state index contributed by atoms with van der Waals surface area (Å²) in [6.45, 7) is 4.83. The minimum absolute atomic E-state index is 0.0920. The molecule has 3 rings (SSSR count). The Morgan fingerprint density at radius 3 is 2.68 bits per heavy atom. The lowest BCUT2D eigenvalue weighted by Crippen LogP contribution is -2.36. The van der Waals surface area contributed by atoms with E-state index < -0.39 is 0 Å². The second-order valence-corrected chi connectivity index (χ2v) is 7.48. The number of aromatic nitrogens is 1. The van der Waals surface area contributed by atoms with Crippen LogP contribution in [0.4, 0.5) is 4.39 Å². The highest BCUT2D eigenvalue weighted by Crippen LogP contribution is 2.31. The predicted octanol–water partition coefficient (Wildman–Crippen LogP) is 3.20. The first-order valence-corrected chi connectivity index (χ1v) is 9.67. The van der Waals surface area contributed by atoms with Crippen molar-refractivity contribution in [3.8, 4) is 0 Å². The minimum Gasteiger partial charge on any atom is -0.383 e. The molecule has 0 spiro atoms. The van der Waals surface area contributed by atoms with Crippen LogP contribution in [-0.4, -0.2) is 36.0 Å². The van der Waals surface area contributed by atoms with Crippen molar-refractivity contribution in [2.24, 2.45) is 0 Å². The SMILES string of the molecule is COC[C@H](C)NC(=O)Cc1c2c(n(Cc3ccc(F)cc3)c1C)CCCC2=O. The Morgan fingerprint density at radius 1 is 1.29 bits per heavy atom. The molecule has 0 unspecified atom stereocenters. The van der Waals surface area contributed by atoms with E-state index in [9.17, 15) is 14.0 Å². The summed E-state index contributed by atoms with van der Waals surface area (Å²) in [6.07, 6.45) is 2.31. The van der Waals surface area contributed by atoms with Crippen LogP contribution in [0.1, 0.15) is 52.6 Å². The Kier molecular flexibility index (Phi) is 6.29. The summed E-state index contributed by atoms with van der Waals surface area (Å²) in [4.78, 5) is 25.2. The minimum atomic E-state index is -0.271. The van der Waals surface area contributed by atoms with Crippen molar-refractivity contribution in [3.63, 3.8) is 0 Å². The number of fused-ring (bicyclic) bond motifs is 1. The van der Waals surface area contributed by atoms with Gasteiger partial charge in [0.2, 0.25) is 5.91 Å². The molecule has 1 N–H and O–H groups in total. The van der Waals surface area contributed by atoms with Crippen LogP contribution < -0.4 is 5.32 Å². The van der Waals surface area contributed by atoms with E-state index in [-0.39, 0.29) is 30.0 Å². The molecule has 0 fully saturated rings. The van der Waals surface area contributed by atoms with Crippen molar-refractivity contribution in [1.82, 2.24) is 9.88 Å². The van der Waals surface area contributed by atoms with Crippen LogP contribution in [0.15, 0.2) is 24.3 Å². The van der Waals surface area contributed by atoms with Crippen molar-refractivity contribution >= 4 is 11.7 Å². The molecule has 2 aromatic rings. The molecule has 1 aromatic carbocycles. The average Bonchev–Trinajstić information content (AvgIpc) is 2.90. The van der Waals surface area contributed by atoms with E-state index in [1.807, 2.05) is 13.8 Å². The molecule has 0 saturated carbocycles. The molecule has 1 amide bonds. The monoisotopic (exact) mass is 386 g/mol. The van der Waals surface area contributed by atoms with Gasteiger partial charge in [-0.2, -0.15) is 0 Å². The van der Waals surface area contributed by atoms with E-state index >= 15 is 0 Å². The van der Waals surface area contributed by atoms with E-state index in [2.05, 4.69) is 9.88 Å². The number of methoxy groups -OCH3 is 1. The highest BCUT2D eigenvalue weighted by atomic mass is 19.1. The topological polar surface area (TPSA) is 60.3 Å². The molecular weight excluding hydrogens is 359 g/mol. The number of ketones is 1. The third-order valence-corrected chi connectivity index (χ3v) is 5.27. The number of ether oxygens (including phenoxy) is 1. The van der Waals surface area contributed by atoms with Crippen LogP contribution in [0.5, 0.6) is 0 Å². The van der Waals surface area contributed by atoms with E-state index in [4.69, 9.17) is 4.74 Å². The van der Waals surface area contributed by atoms with Gasteiger partial charge in [0.15, 0.2) is 5.78 Å². The molecule has 6 heteroatoms. The Bertz CT molecular complexity index is 871. The van der Waals surface area contributed by atoms with E-state index in [0.29, 0.717) is 25.1 Å². The number of nitrogens with one attached hydrogen (secondary N) is 1. The lowest BCUT2D eigenvalue weighted by molar-refractivity contribution is -0.121. The van der Waals surface area contributed by atoms with Crippen LogP contribution in [0.25, 0.3) is 0 Å². The molecule has 5 nitrogen and oxygen atoms in total. The first kappa shape index (κ1) is 20.3. The normalized spacial score (nSPS) is 14.6. The van der Waals surface area contributed by atoms with E-state index in [1.54, 1.807) is 19.2 Å². The van der Waals surface area contributed by atoms with E-state index in [0.717, 1.165) is 35.4 Å². The Hall–Kier alpha value is -2.47. The number of rotatable bonds is 7. The first-order chi connectivity index (χ1) is 13.4. The van der Waals surface area contributed by atoms with Crippen molar-refractivity contribution in [3.05, 3.63) is 58.2 Å². The van der Waals surface area contributed by atoms with Crippen molar-refractivity contribution in [2.75, 3.05) is 13.7 Å². The molecule has 1 aliphatic carbocycles. The third-order valence-electron chi connectivity index (χ3n) is 5.27. The molecule has 1 aliphatic rings. The molecule has 0 bridgehead atoms. The summed E-state index contributed by atoms with van der Waals surface area (Å²) in [6, 6.07) is 6.30. The number of hydrogen-bond donors (Lipinski definition) is 1. The second kappa shape index (κ2) is 8.69. The van der Waals surface area contributed by atoms with Gasteiger partial charge in [0.25, 0.3) is 0 Å². The molecule has 1 atom stereocenters. The summed E-state index contributed by atoms with van der Waals surface area (Å²) in [7, 11) is 1.59. The standard InChI is InChI=1S/C22H27FN2O3/c1-14(13-28-3)24-21(27)11-18-15(2)25(12-16-7-9-17(23)10-8-16)19-5-4-6-20(26)22(18)19/h7-10,14H,4-6,11-13H2,1-3H3,(H,24,27)/t14-/m0/s1. The fraction of sp³-hybridized carbons (Fsp3) is 0.455. The highest BCUT2D eigenvalue weighted by Gasteiger charge is 2.29. The fourth-order valence-electron chi connectivity index (χ4n) is 3.97. The molecule has 1 aromatic heterocycles. The molecular formula is C22H27FN2O3. The molecule has 28 heavy (non-hydrogen) atoms. The van der Waals surface area contributed by atoms with E-state index in [1.165, 1.54) is 12.1 Å². The largest absolute Gasteiger partial charge is 0.383 e. The van der Waals surface area contributed by atoms with Gasteiger partial charge < -0.3 is 14.6 Å². The number of benzene rings is 1. The molecule has 0 saturated heterocycles. The fourth-order valence-corrected chi connectivity index (χ4v) is 3.97. The Morgan fingerprint density at radius 2 is 2.00 bits per heavy atom. The van der Waals surface area contributed by atoms with Gasteiger partial charge in [-0.25, -0.2) is 4.39 Å². The van der Waals surface area contributed by atoms with Gasteiger partial charge in [0, 0.05) is 43.1 Å². The smallest absolute Gasteiger partial charge is 0.224 e. The number of carbonyl (C=O) groups is 2. The second-order valence-electron chi connectivity index (χ2n) is 7.48. The van der Waals surface area contributed by atoms with Gasteiger partial charge in [-0.3, -0.25) is 9.59 Å². The lowest BCUT2D eigenvalue weighted by Gasteiger charge is -2.16. The van der Waals surface area contributed by atoms with Crippen molar-refractivity contribution in [2.45, 2.75) is 52.1 Å². The zero-order chi connectivity index (χ0) is 20.3. The summed E-state index contributed by atoms with van der Waals surface area (Å²) < 4.78 is 20.4. The highest BCUT2D eigenvalue weighted by molar-refractivity contribution is 6.01. The third kappa shape index (κ3) is 4.33. The van der Waals surface area contributed by atoms with Gasteiger partial charge >= 0.3 is 0 Å². The van der Waals surface area contributed by atoms with Gasteiger partial charge in [0.05, 0.1) is 13.0 Å². The van der Waals surface area contributed by atoms with Crippen LogP contribution in [0.2, 0.25) is 0 Å². The Labute approximate surface area is 164 Å². The first-order valence-electron chi connectivity index (χ1n) is 9.67. The molecule has 1 heterocycles. The maximum absolute atomic E-state index is 13.2. The van der Waals surface area contributed by atoms with Gasteiger partial charge in [0.1, 0.15) is 5.82 Å². The number of hydrogen-bond acceptors (Lipinski definition) is 3. The molecule has 150 valence electrons. The van der Waals surface area contributed by atoms with Gasteiger partial charge in [-0.15, -0.1) is 0 Å². The Balaban J connectivity index is 1.91. The number of amides is 1. The quantitative estimate of drug-likeness (QED) is 0.795. The number of Topliss-reactive ketones (excluding diaryl/α,β-unsaturated/α-hetero) is 1. The molecule has 0 aliphatic heterocycles. The summed E-state index contributed by atoms with van der Waals surface area (Å²) >= 11 is 0. The van der Waals surface area contributed by atoms with Crippen LogP contribution >= 0.6 is 0 Å². The summed E-state index contributed by atoms with van der Waals surface area (Å²) in [5.74, 6) is -0.282. The average molecular weight is 386 g/mol. The van der Waals surface area contributed by atoms with Gasteiger partial charge in [-0.05, 0) is 49.9 Å². The maximum atomic E-state index is 13.2. The van der Waals surface area contributed by atoms with Crippen LogP contribution in [-0.2, 0) is 28.9 Å². The zero-order valence-corrected chi connectivity index (χ0v) is 16.7.